The Bertz CT molecular complexity index is 1130. The number of piperidine rings is 1. The molecule has 0 unspecified atom stereocenters. The van der Waals surface area contributed by atoms with Crippen LogP contribution >= 0.6 is 0 Å². The number of amides is 3. The fourth-order valence-corrected chi connectivity index (χ4v) is 7.07. The predicted molar refractivity (Wildman–Crippen MR) is 139 cm³/mol. The van der Waals surface area contributed by atoms with Crippen molar-refractivity contribution in [2.75, 3.05) is 25.9 Å². The summed E-state index contributed by atoms with van der Waals surface area (Å²) in [6.45, 7) is 4.85. The summed E-state index contributed by atoms with van der Waals surface area (Å²) < 4.78 is 63.1. The summed E-state index contributed by atoms with van der Waals surface area (Å²) in [6, 6.07) is -2.61. The molecule has 2 saturated heterocycles. The van der Waals surface area contributed by atoms with Gasteiger partial charge in [0.15, 0.2) is 0 Å². The summed E-state index contributed by atoms with van der Waals surface area (Å²) in [6.07, 6.45) is 2.83. The molecule has 3 amide bonds. The third-order valence-electron chi connectivity index (χ3n) is 7.84. The highest BCUT2D eigenvalue weighted by molar-refractivity contribution is 7.88. The molecule has 0 aromatic carbocycles. The Balaban J connectivity index is 1.57. The highest BCUT2D eigenvalue weighted by Gasteiger charge is 2.48. The van der Waals surface area contributed by atoms with Crippen LogP contribution in [0, 0.1) is 17.3 Å². The van der Waals surface area contributed by atoms with Crippen LogP contribution in [0.2, 0.25) is 0 Å². The van der Waals surface area contributed by atoms with Crippen LogP contribution < -0.4 is 16.0 Å². The van der Waals surface area contributed by atoms with Crippen molar-refractivity contribution in [1.82, 2.24) is 20.3 Å². The van der Waals surface area contributed by atoms with Gasteiger partial charge in [-0.05, 0) is 56.3 Å². The van der Waals surface area contributed by atoms with Crippen LogP contribution in [0.4, 0.5) is 4.79 Å². The molecule has 3 rings (SSSR count). The van der Waals surface area contributed by atoms with E-state index < -0.39 is 55.6 Å². The van der Waals surface area contributed by atoms with Crippen LogP contribution in [0.15, 0.2) is 0 Å². The van der Waals surface area contributed by atoms with Gasteiger partial charge in [-0.25, -0.2) is 17.5 Å². The molecule has 14 nitrogen and oxygen atoms in total. The van der Waals surface area contributed by atoms with Gasteiger partial charge in [0.2, 0.25) is 27.3 Å². The van der Waals surface area contributed by atoms with E-state index in [2.05, 4.69) is 16.0 Å². The largest absolute Gasteiger partial charge is 0.446 e. The molecule has 1 spiro atoms. The maximum atomic E-state index is 13.1. The molecule has 3 fully saturated rings. The molecule has 16 heteroatoms. The molecule has 5 N–H and O–H groups in total. The average Bonchev–Trinajstić information content (AvgIpc) is 3.19. The number of aliphatic hydroxyl groups excluding tert-OH is 1. The van der Waals surface area contributed by atoms with Gasteiger partial charge in [0.1, 0.15) is 12.1 Å². The Morgan fingerprint density at radius 2 is 1.77 bits per heavy atom. The highest BCUT2D eigenvalue weighted by Crippen LogP contribution is 2.50. The molecule has 2 heterocycles. The second-order valence-electron chi connectivity index (χ2n) is 11.5. The number of sulfonamides is 1. The van der Waals surface area contributed by atoms with Gasteiger partial charge in [0.05, 0.1) is 12.3 Å². The summed E-state index contributed by atoms with van der Waals surface area (Å²) in [5, 5.41) is 17.7. The Kier molecular flexibility index (Phi) is 9.89. The second kappa shape index (κ2) is 12.2. The van der Waals surface area contributed by atoms with Gasteiger partial charge in [0.25, 0.3) is 10.1 Å². The van der Waals surface area contributed by atoms with Gasteiger partial charge in [-0.15, -0.1) is 0 Å². The van der Waals surface area contributed by atoms with E-state index >= 15 is 0 Å². The number of rotatable bonds is 11. The Hall–Kier alpha value is -2.01. The minimum absolute atomic E-state index is 0.0568. The van der Waals surface area contributed by atoms with Crippen molar-refractivity contribution < 1.29 is 45.6 Å². The molecule has 224 valence electrons. The van der Waals surface area contributed by atoms with Crippen molar-refractivity contribution in [1.29, 1.82) is 0 Å². The molecule has 3 aliphatic rings. The van der Waals surface area contributed by atoms with E-state index in [9.17, 15) is 40.9 Å². The van der Waals surface area contributed by atoms with Crippen LogP contribution in [0.5, 0.6) is 0 Å². The molecule has 4 atom stereocenters. The van der Waals surface area contributed by atoms with Crippen LogP contribution in [0.3, 0.4) is 0 Å². The van der Waals surface area contributed by atoms with Crippen molar-refractivity contribution in [3.63, 3.8) is 0 Å². The zero-order valence-electron chi connectivity index (χ0n) is 22.5. The highest BCUT2D eigenvalue weighted by atomic mass is 32.2. The number of alkyl carbamates (subject to hydrolysis) is 1. The Labute approximate surface area is 229 Å². The first-order valence-corrected chi connectivity index (χ1v) is 16.5. The standard InChI is InChI=1S/C23H40N4O10S2/c1-14(2)10-17(20(29)25-18(21(30)39(34,35)36)11-15-4-7-24-19(15)28)26-22(31)37-16-12-23(13-16)5-8-27(9-6-23)38(3,32)33/h14-18,21,30H,4-13H2,1-3H3,(H,24,28)(H,25,29)(H,26,31)(H,34,35,36)/t15-,17-,18-,21-/m0/s1. The maximum Gasteiger partial charge on any atom is 0.408 e. The Morgan fingerprint density at radius 3 is 2.26 bits per heavy atom. The summed E-state index contributed by atoms with van der Waals surface area (Å²) in [4.78, 5) is 37.8. The molecular formula is C23H40N4O10S2. The zero-order valence-corrected chi connectivity index (χ0v) is 24.1. The number of carbonyl (C=O) groups is 3. The lowest BCUT2D eigenvalue weighted by Crippen LogP contribution is -2.56. The number of aliphatic hydroxyl groups is 1. The quantitative estimate of drug-likeness (QED) is 0.194. The van der Waals surface area contributed by atoms with Crippen molar-refractivity contribution in [2.24, 2.45) is 17.3 Å². The first kappa shape index (κ1) is 31.5. The molecule has 2 aliphatic heterocycles. The van der Waals surface area contributed by atoms with Crippen LogP contribution in [0.1, 0.15) is 58.8 Å². The summed E-state index contributed by atoms with van der Waals surface area (Å²) in [5.41, 5.74) is -2.44. The summed E-state index contributed by atoms with van der Waals surface area (Å²) >= 11 is 0. The Morgan fingerprint density at radius 1 is 1.15 bits per heavy atom. The zero-order chi connectivity index (χ0) is 29.2. The number of ether oxygens (including phenoxy) is 1. The maximum absolute atomic E-state index is 13.1. The van der Waals surface area contributed by atoms with E-state index in [1.807, 2.05) is 13.8 Å². The van der Waals surface area contributed by atoms with E-state index in [0.29, 0.717) is 51.7 Å². The van der Waals surface area contributed by atoms with Crippen LogP contribution in [-0.4, -0.2) is 98.2 Å². The van der Waals surface area contributed by atoms with Crippen molar-refractivity contribution in [3.05, 3.63) is 0 Å². The molecule has 39 heavy (non-hydrogen) atoms. The molecule has 0 radical (unpaired) electrons. The number of nitrogens with zero attached hydrogens (tertiary/aromatic N) is 1. The smallest absolute Gasteiger partial charge is 0.408 e. The molecule has 0 aromatic heterocycles. The number of carbonyl (C=O) groups excluding carboxylic acids is 3. The fraction of sp³-hybridized carbons (Fsp3) is 0.870. The molecule has 1 aliphatic carbocycles. The van der Waals surface area contributed by atoms with Crippen molar-refractivity contribution >= 4 is 38.0 Å². The summed E-state index contributed by atoms with van der Waals surface area (Å²) in [7, 11) is -8.19. The minimum atomic E-state index is -4.95. The fourth-order valence-electron chi connectivity index (χ4n) is 5.63. The van der Waals surface area contributed by atoms with Gasteiger partial charge in [0, 0.05) is 25.6 Å². The normalized spacial score (nSPS) is 24.5. The third-order valence-corrected chi connectivity index (χ3v) is 10.1. The van der Waals surface area contributed by atoms with Gasteiger partial charge < -0.3 is 25.8 Å². The first-order chi connectivity index (χ1) is 18.0. The van der Waals surface area contributed by atoms with Gasteiger partial charge in [-0.1, -0.05) is 13.8 Å². The SMILES string of the molecule is CC(C)C[C@H](NC(=O)OC1CC2(CCN(S(C)(=O)=O)CC2)C1)C(=O)N[C@@H](C[C@@H]1CCNC1=O)[C@@H](O)S(=O)(=O)O. The number of nitrogens with one attached hydrogen (secondary N) is 3. The topological polar surface area (TPSA) is 209 Å². The lowest BCUT2D eigenvalue weighted by molar-refractivity contribution is -0.126. The molecule has 0 aromatic rings. The van der Waals surface area contributed by atoms with Gasteiger partial charge >= 0.3 is 6.09 Å². The van der Waals surface area contributed by atoms with Crippen molar-refractivity contribution in [2.45, 2.75) is 82.4 Å². The second-order valence-corrected chi connectivity index (χ2v) is 15.0. The molecule has 1 saturated carbocycles. The predicted octanol–water partition coefficient (Wildman–Crippen LogP) is -0.451. The van der Waals surface area contributed by atoms with E-state index in [-0.39, 0.29) is 36.2 Å². The number of hydrogen-bond donors (Lipinski definition) is 5. The monoisotopic (exact) mass is 596 g/mol. The number of hydrogen-bond acceptors (Lipinski definition) is 9. The third kappa shape index (κ3) is 8.49. The molecule has 0 bridgehead atoms. The van der Waals surface area contributed by atoms with E-state index in [1.165, 1.54) is 10.6 Å². The van der Waals surface area contributed by atoms with E-state index in [1.54, 1.807) is 0 Å². The summed E-state index contributed by atoms with van der Waals surface area (Å²) in [5.74, 6) is -1.86. The van der Waals surface area contributed by atoms with Crippen LogP contribution in [-0.2, 0) is 34.5 Å². The van der Waals surface area contributed by atoms with Crippen molar-refractivity contribution in [3.8, 4) is 0 Å². The lowest BCUT2D eigenvalue weighted by Gasteiger charge is -2.50. The van der Waals surface area contributed by atoms with E-state index in [4.69, 9.17) is 4.74 Å². The van der Waals surface area contributed by atoms with Gasteiger partial charge in [-0.2, -0.15) is 8.42 Å². The van der Waals surface area contributed by atoms with Crippen LogP contribution in [0.25, 0.3) is 0 Å². The first-order valence-electron chi connectivity index (χ1n) is 13.1. The lowest BCUT2D eigenvalue weighted by atomic mass is 9.62. The minimum Gasteiger partial charge on any atom is -0.446 e. The average molecular weight is 597 g/mol. The molecular weight excluding hydrogens is 556 g/mol. The van der Waals surface area contributed by atoms with E-state index in [0.717, 1.165) is 0 Å². The van der Waals surface area contributed by atoms with Gasteiger partial charge in [-0.3, -0.25) is 14.1 Å².